The van der Waals surface area contributed by atoms with Crippen LogP contribution in [0.1, 0.15) is 40.4 Å². The van der Waals surface area contributed by atoms with Crippen molar-refractivity contribution in [3.05, 3.63) is 58.9 Å². The van der Waals surface area contributed by atoms with Crippen molar-refractivity contribution < 1.29 is 9.53 Å². The predicted octanol–water partition coefficient (Wildman–Crippen LogP) is 3.03. The average molecular weight is 411 g/mol. The Morgan fingerprint density at radius 2 is 1.83 bits per heavy atom. The first kappa shape index (κ1) is 22.2. The van der Waals surface area contributed by atoms with E-state index < -0.39 is 0 Å². The summed E-state index contributed by atoms with van der Waals surface area (Å²) in [6.07, 6.45) is 4.53. The summed E-state index contributed by atoms with van der Waals surface area (Å²) in [7, 11) is 0. The van der Waals surface area contributed by atoms with Gasteiger partial charge in [-0.05, 0) is 62.7 Å². The van der Waals surface area contributed by atoms with Crippen LogP contribution in [0, 0.1) is 13.8 Å². The first-order valence-corrected chi connectivity index (χ1v) is 10.9. The normalized spacial score (nSPS) is 15.2. The van der Waals surface area contributed by atoms with E-state index in [9.17, 15) is 4.79 Å². The number of benzene rings is 1. The van der Waals surface area contributed by atoms with E-state index in [2.05, 4.69) is 27.0 Å². The molecule has 162 valence electrons. The Kier molecular flexibility index (Phi) is 8.22. The number of pyridine rings is 1. The van der Waals surface area contributed by atoms with Gasteiger partial charge in [-0.25, -0.2) is 0 Å². The summed E-state index contributed by atoms with van der Waals surface area (Å²) in [5, 5.41) is 3.07. The van der Waals surface area contributed by atoms with E-state index in [0.29, 0.717) is 18.7 Å². The van der Waals surface area contributed by atoms with Gasteiger partial charge >= 0.3 is 0 Å². The fourth-order valence-electron chi connectivity index (χ4n) is 3.88. The molecule has 0 bridgehead atoms. The highest BCUT2D eigenvalue weighted by atomic mass is 16.5. The van der Waals surface area contributed by atoms with Crippen LogP contribution < -0.4 is 10.1 Å². The Bertz CT molecular complexity index is 794. The van der Waals surface area contributed by atoms with Gasteiger partial charge in [0.25, 0.3) is 5.91 Å². The Morgan fingerprint density at radius 3 is 2.47 bits per heavy atom. The average Bonchev–Trinajstić information content (AvgIpc) is 2.77. The van der Waals surface area contributed by atoms with Gasteiger partial charge in [0.05, 0.1) is 0 Å². The number of piperazine rings is 1. The lowest BCUT2D eigenvalue weighted by molar-refractivity contribution is 0.0948. The second-order valence-electron chi connectivity index (χ2n) is 7.97. The predicted molar refractivity (Wildman–Crippen MR) is 120 cm³/mol. The zero-order valence-electron chi connectivity index (χ0n) is 18.5. The maximum atomic E-state index is 12.6. The zero-order chi connectivity index (χ0) is 21.3. The second-order valence-corrected chi connectivity index (χ2v) is 7.97. The number of amides is 1. The van der Waals surface area contributed by atoms with Crippen LogP contribution in [-0.4, -0.2) is 66.5 Å². The van der Waals surface area contributed by atoms with Crippen molar-refractivity contribution >= 4 is 5.91 Å². The quantitative estimate of drug-likeness (QED) is 0.644. The SMILES string of the molecule is CCN1CCN(CCCNC(=O)c2cc(C)c(OCc3cccnc3)c(C)c2)CC1. The molecule has 2 aromatic rings. The Labute approximate surface area is 180 Å². The minimum atomic E-state index is -0.0178. The van der Waals surface area contributed by atoms with E-state index in [1.54, 1.807) is 12.4 Å². The number of carbonyl (C=O) groups excluding carboxylic acids is 1. The summed E-state index contributed by atoms with van der Waals surface area (Å²) >= 11 is 0. The topological polar surface area (TPSA) is 57.7 Å². The lowest BCUT2D eigenvalue weighted by atomic mass is 10.0. The molecule has 1 aliphatic rings. The molecule has 0 saturated carbocycles. The number of carbonyl (C=O) groups is 1. The number of nitrogens with one attached hydrogen (secondary N) is 1. The standard InChI is InChI=1S/C24H34N4O2/c1-4-27-11-13-28(14-12-27)10-6-9-26-24(29)22-15-19(2)23(20(3)16-22)30-18-21-7-5-8-25-17-21/h5,7-8,15-17H,4,6,9-14,18H2,1-3H3,(H,26,29). The molecule has 1 aliphatic heterocycles. The Morgan fingerprint density at radius 1 is 1.13 bits per heavy atom. The molecule has 1 saturated heterocycles. The van der Waals surface area contributed by atoms with Crippen LogP contribution in [0.5, 0.6) is 5.75 Å². The van der Waals surface area contributed by atoms with Crippen molar-refractivity contribution in [3.8, 4) is 5.75 Å². The number of hydrogen-bond acceptors (Lipinski definition) is 5. The third-order valence-corrected chi connectivity index (χ3v) is 5.68. The molecule has 0 radical (unpaired) electrons. The van der Waals surface area contributed by atoms with Crippen LogP contribution in [0.25, 0.3) is 0 Å². The first-order valence-electron chi connectivity index (χ1n) is 10.9. The number of likely N-dealkylation sites (N-methyl/N-ethyl adjacent to an activating group) is 1. The van der Waals surface area contributed by atoms with E-state index >= 15 is 0 Å². The summed E-state index contributed by atoms with van der Waals surface area (Å²) < 4.78 is 5.99. The van der Waals surface area contributed by atoms with Gasteiger partial charge < -0.3 is 19.9 Å². The van der Waals surface area contributed by atoms with Crippen LogP contribution >= 0.6 is 0 Å². The van der Waals surface area contributed by atoms with Gasteiger partial charge in [0.15, 0.2) is 0 Å². The summed E-state index contributed by atoms with van der Waals surface area (Å²) in [5.74, 6) is 0.817. The van der Waals surface area contributed by atoms with Crippen molar-refractivity contribution in [2.75, 3.05) is 45.8 Å². The molecule has 1 aromatic carbocycles. The van der Waals surface area contributed by atoms with Gasteiger partial charge in [0, 0.05) is 56.2 Å². The summed E-state index contributed by atoms with van der Waals surface area (Å²) in [6.45, 7) is 14.1. The summed E-state index contributed by atoms with van der Waals surface area (Å²) in [5.41, 5.74) is 3.65. The van der Waals surface area contributed by atoms with Crippen LogP contribution in [0.2, 0.25) is 0 Å². The fourth-order valence-corrected chi connectivity index (χ4v) is 3.88. The summed E-state index contributed by atoms with van der Waals surface area (Å²) in [6, 6.07) is 7.70. The monoisotopic (exact) mass is 410 g/mol. The van der Waals surface area contributed by atoms with Crippen LogP contribution in [-0.2, 0) is 6.61 Å². The van der Waals surface area contributed by atoms with E-state index in [4.69, 9.17) is 4.74 Å². The maximum absolute atomic E-state index is 12.6. The lowest BCUT2D eigenvalue weighted by Crippen LogP contribution is -2.46. The number of ether oxygens (including phenoxy) is 1. The van der Waals surface area contributed by atoms with Crippen molar-refractivity contribution in [1.29, 1.82) is 0 Å². The molecule has 30 heavy (non-hydrogen) atoms. The van der Waals surface area contributed by atoms with Crippen molar-refractivity contribution in [2.24, 2.45) is 0 Å². The molecule has 0 atom stereocenters. The summed E-state index contributed by atoms with van der Waals surface area (Å²) in [4.78, 5) is 21.7. The highest BCUT2D eigenvalue weighted by molar-refractivity contribution is 5.94. The molecular weight excluding hydrogens is 376 g/mol. The fraction of sp³-hybridized carbons (Fsp3) is 0.500. The van der Waals surface area contributed by atoms with E-state index in [-0.39, 0.29) is 5.91 Å². The minimum absolute atomic E-state index is 0.0178. The molecule has 3 rings (SSSR count). The van der Waals surface area contributed by atoms with E-state index in [0.717, 1.165) is 68.1 Å². The van der Waals surface area contributed by atoms with Crippen molar-refractivity contribution in [1.82, 2.24) is 20.1 Å². The second kappa shape index (κ2) is 11.1. The molecule has 6 nitrogen and oxygen atoms in total. The number of hydrogen-bond donors (Lipinski definition) is 1. The molecule has 0 spiro atoms. The van der Waals surface area contributed by atoms with Crippen LogP contribution in [0.4, 0.5) is 0 Å². The van der Waals surface area contributed by atoms with E-state index in [1.807, 2.05) is 38.1 Å². The van der Waals surface area contributed by atoms with Crippen LogP contribution in [0.3, 0.4) is 0 Å². The van der Waals surface area contributed by atoms with Crippen molar-refractivity contribution in [2.45, 2.75) is 33.8 Å². The Hall–Kier alpha value is -2.44. The van der Waals surface area contributed by atoms with Crippen molar-refractivity contribution in [3.63, 3.8) is 0 Å². The Balaban J connectivity index is 1.45. The number of nitrogens with zero attached hydrogens (tertiary/aromatic N) is 3. The first-order chi connectivity index (χ1) is 14.6. The largest absolute Gasteiger partial charge is 0.488 e. The minimum Gasteiger partial charge on any atom is -0.488 e. The molecule has 1 N–H and O–H groups in total. The number of rotatable bonds is 9. The molecular formula is C24H34N4O2. The van der Waals surface area contributed by atoms with Gasteiger partial charge in [-0.1, -0.05) is 13.0 Å². The molecule has 1 aromatic heterocycles. The molecule has 1 amide bonds. The number of aromatic nitrogens is 1. The van der Waals surface area contributed by atoms with Gasteiger partial charge in [-0.3, -0.25) is 9.78 Å². The molecule has 0 unspecified atom stereocenters. The number of aryl methyl sites for hydroxylation is 2. The van der Waals surface area contributed by atoms with Gasteiger partial charge in [-0.15, -0.1) is 0 Å². The maximum Gasteiger partial charge on any atom is 0.251 e. The van der Waals surface area contributed by atoms with Gasteiger partial charge in [-0.2, -0.15) is 0 Å². The van der Waals surface area contributed by atoms with Gasteiger partial charge in [0.1, 0.15) is 12.4 Å². The van der Waals surface area contributed by atoms with Gasteiger partial charge in [0.2, 0.25) is 0 Å². The third kappa shape index (κ3) is 6.28. The van der Waals surface area contributed by atoms with E-state index in [1.165, 1.54) is 0 Å². The molecule has 2 heterocycles. The molecule has 6 heteroatoms. The molecule has 1 fully saturated rings. The smallest absolute Gasteiger partial charge is 0.251 e. The highest BCUT2D eigenvalue weighted by Gasteiger charge is 2.15. The zero-order valence-corrected chi connectivity index (χ0v) is 18.5. The third-order valence-electron chi connectivity index (χ3n) is 5.68. The highest BCUT2D eigenvalue weighted by Crippen LogP contribution is 2.25. The lowest BCUT2D eigenvalue weighted by Gasteiger charge is -2.33. The van der Waals surface area contributed by atoms with Crippen LogP contribution in [0.15, 0.2) is 36.7 Å². The molecule has 0 aliphatic carbocycles.